The molecule has 0 saturated carbocycles. The molecule has 0 aliphatic rings. The van der Waals surface area contributed by atoms with Gasteiger partial charge in [-0.1, -0.05) is 53.2 Å². The van der Waals surface area contributed by atoms with E-state index in [4.69, 9.17) is 27.6 Å². The first-order valence-corrected chi connectivity index (χ1v) is 9.31. The SMILES string of the molecule is Clc1ccc(-c2nc(SCc3nnc(-c4ccccc4)o3)n[nH]2)c(Cl)c1. The minimum atomic E-state index is 0.464. The van der Waals surface area contributed by atoms with Gasteiger partial charge in [0.2, 0.25) is 16.9 Å². The van der Waals surface area contributed by atoms with Crippen molar-refractivity contribution >= 4 is 35.0 Å². The average molecular weight is 404 g/mol. The Morgan fingerprint density at radius 1 is 1.04 bits per heavy atom. The lowest BCUT2D eigenvalue weighted by molar-refractivity contribution is 0.528. The Hall–Kier alpha value is -2.35. The maximum Gasteiger partial charge on any atom is 0.247 e. The minimum Gasteiger partial charge on any atom is -0.420 e. The molecule has 0 saturated heterocycles. The standard InChI is InChI=1S/C17H11Cl2N5OS/c18-11-6-7-12(13(19)8-11)15-20-17(24-22-15)26-9-14-21-23-16(25-14)10-4-2-1-3-5-10/h1-8H,9H2,(H,20,22,24). The summed E-state index contributed by atoms with van der Waals surface area (Å²) < 4.78 is 5.67. The number of hydrogen-bond acceptors (Lipinski definition) is 6. The molecule has 4 aromatic rings. The molecule has 6 nitrogen and oxygen atoms in total. The van der Waals surface area contributed by atoms with Gasteiger partial charge in [-0.15, -0.1) is 15.3 Å². The van der Waals surface area contributed by atoms with Gasteiger partial charge >= 0.3 is 0 Å². The molecule has 0 bridgehead atoms. The molecule has 9 heteroatoms. The average Bonchev–Trinajstić information content (AvgIpc) is 3.30. The Bertz CT molecular complexity index is 1030. The van der Waals surface area contributed by atoms with Crippen LogP contribution in [0.2, 0.25) is 10.0 Å². The van der Waals surface area contributed by atoms with Crippen LogP contribution in [0.3, 0.4) is 0 Å². The Labute approximate surface area is 163 Å². The van der Waals surface area contributed by atoms with Crippen molar-refractivity contribution in [2.45, 2.75) is 10.9 Å². The van der Waals surface area contributed by atoms with E-state index in [0.29, 0.717) is 38.6 Å². The molecule has 0 radical (unpaired) electrons. The van der Waals surface area contributed by atoms with Crippen LogP contribution in [-0.4, -0.2) is 25.4 Å². The van der Waals surface area contributed by atoms with E-state index in [2.05, 4.69) is 25.4 Å². The topological polar surface area (TPSA) is 80.5 Å². The van der Waals surface area contributed by atoms with E-state index in [1.807, 2.05) is 30.3 Å². The quantitative estimate of drug-likeness (QED) is 0.465. The summed E-state index contributed by atoms with van der Waals surface area (Å²) in [6.45, 7) is 0. The predicted octanol–water partition coefficient (Wildman–Crippen LogP) is 5.12. The van der Waals surface area contributed by atoms with Gasteiger partial charge < -0.3 is 4.42 Å². The molecule has 0 amide bonds. The number of nitrogens with zero attached hydrogens (tertiary/aromatic N) is 4. The number of nitrogens with one attached hydrogen (secondary N) is 1. The first-order chi connectivity index (χ1) is 12.7. The molecular formula is C17H11Cl2N5OS. The molecule has 130 valence electrons. The molecular weight excluding hydrogens is 393 g/mol. The molecule has 0 atom stereocenters. The Balaban J connectivity index is 1.45. The molecule has 26 heavy (non-hydrogen) atoms. The maximum absolute atomic E-state index is 6.19. The van der Waals surface area contributed by atoms with E-state index >= 15 is 0 Å². The van der Waals surface area contributed by atoms with E-state index in [9.17, 15) is 0 Å². The summed E-state index contributed by atoms with van der Waals surface area (Å²) in [6, 6.07) is 14.8. The highest BCUT2D eigenvalue weighted by molar-refractivity contribution is 7.98. The van der Waals surface area contributed by atoms with Crippen LogP contribution in [0.25, 0.3) is 22.8 Å². The number of H-pyrrole nitrogens is 1. The Morgan fingerprint density at radius 2 is 1.88 bits per heavy atom. The van der Waals surface area contributed by atoms with E-state index < -0.39 is 0 Å². The predicted molar refractivity (Wildman–Crippen MR) is 101 cm³/mol. The number of rotatable bonds is 5. The van der Waals surface area contributed by atoms with E-state index in [1.54, 1.807) is 18.2 Å². The molecule has 0 unspecified atom stereocenters. The number of aromatic nitrogens is 5. The molecule has 0 spiro atoms. The zero-order valence-electron chi connectivity index (χ0n) is 13.2. The number of thioether (sulfide) groups is 1. The number of halogens is 2. The number of hydrogen-bond donors (Lipinski definition) is 1. The van der Waals surface area contributed by atoms with Crippen molar-refractivity contribution in [1.29, 1.82) is 0 Å². The summed E-state index contributed by atoms with van der Waals surface area (Å²) in [6.07, 6.45) is 0. The molecule has 2 aromatic heterocycles. The van der Waals surface area contributed by atoms with Crippen LogP contribution in [0.1, 0.15) is 5.89 Å². The fourth-order valence-electron chi connectivity index (χ4n) is 2.25. The van der Waals surface area contributed by atoms with Crippen LogP contribution < -0.4 is 0 Å². The molecule has 0 fully saturated rings. The van der Waals surface area contributed by atoms with Gasteiger partial charge in [0.05, 0.1) is 10.8 Å². The van der Waals surface area contributed by atoms with Gasteiger partial charge in [0.15, 0.2) is 5.82 Å². The number of benzene rings is 2. The van der Waals surface area contributed by atoms with Gasteiger partial charge in [-0.2, -0.15) is 0 Å². The molecule has 0 aliphatic carbocycles. The third kappa shape index (κ3) is 3.75. The van der Waals surface area contributed by atoms with Crippen molar-refractivity contribution in [3.63, 3.8) is 0 Å². The van der Waals surface area contributed by atoms with Crippen LogP contribution in [0.15, 0.2) is 58.1 Å². The lowest BCUT2D eigenvalue weighted by Crippen LogP contribution is -1.83. The monoisotopic (exact) mass is 403 g/mol. The van der Waals surface area contributed by atoms with Gasteiger partial charge in [-0.3, -0.25) is 5.10 Å². The second-order valence-corrected chi connectivity index (χ2v) is 7.03. The van der Waals surface area contributed by atoms with Crippen LogP contribution in [0.4, 0.5) is 0 Å². The molecule has 0 aliphatic heterocycles. The van der Waals surface area contributed by atoms with Crippen LogP contribution in [-0.2, 0) is 5.75 Å². The Kier molecular flexibility index (Phi) is 4.92. The van der Waals surface area contributed by atoms with E-state index in [-0.39, 0.29) is 0 Å². The van der Waals surface area contributed by atoms with Crippen molar-refractivity contribution in [3.05, 3.63) is 64.5 Å². The van der Waals surface area contributed by atoms with Gasteiger partial charge in [0, 0.05) is 16.1 Å². The van der Waals surface area contributed by atoms with E-state index in [0.717, 1.165) is 11.1 Å². The summed E-state index contributed by atoms with van der Waals surface area (Å²) in [5.41, 5.74) is 1.62. The fourth-order valence-corrected chi connectivity index (χ4v) is 3.38. The maximum atomic E-state index is 6.19. The zero-order chi connectivity index (χ0) is 17.9. The molecule has 2 heterocycles. The smallest absolute Gasteiger partial charge is 0.247 e. The van der Waals surface area contributed by atoms with Gasteiger partial charge in [0.1, 0.15) is 0 Å². The summed E-state index contributed by atoms with van der Waals surface area (Å²) in [5.74, 6) is 2.03. The fraction of sp³-hybridized carbons (Fsp3) is 0.0588. The second-order valence-electron chi connectivity index (χ2n) is 5.25. The highest BCUT2D eigenvalue weighted by Gasteiger charge is 2.13. The summed E-state index contributed by atoms with van der Waals surface area (Å²) in [5, 5.41) is 16.8. The van der Waals surface area contributed by atoms with E-state index in [1.165, 1.54) is 11.8 Å². The second kappa shape index (κ2) is 7.49. The summed E-state index contributed by atoms with van der Waals surface area (Å²) in [7, 11) is 0. The Morgan fingerprint density at radius 3 is 2.69 bits per heavy atom. The van der Waals surface area contributed by atoms with Gasteiger partial charge in [-0.25, -0.2) is 4.98 Å². The van der Waals surface area contributed by atoms with Gasteiger partial charge in [-0.05, 0) is 30.3 Å². The summed E-state index contributed by atoms with van der Waals surface area (Å²) >= 11 is 13.5. The van der Waals surface area contributed by atoms with Gasteiger partial charge in [0.25, 0.3) is 0 Å². The highest BCUT2D eigenvalue weighted by Crippen LogP contribution is 2.29. The molecule has 4 rings (SSSR count). The minimum absolute atomic E-state index is 0.464. The molecule has 1 N–H and O–H groups in total. The first kappa shape index (κ1) is 17.1. The lowest BCUT2D eigenvalue weighted by atomic mass is 10.2. The van der Waals surface area contributed by atoms with Crippen LogP contribution in [0, 0.1) is 0 Å². The highest BCUT2D eigenvalue weighted by atomic mass is 35.5. The number of aromatic amines is 1. The largest absolute Gasteiger partial charge is 0.420 e. The van der Waals surface area contributed by atoms with Crippen molar-refractivity contribution in [1.82, 2.24) is 25.4 Å². The normalized spacial score (nSPS) is 11.0. The molecule has 2 aromatic carbocycles. The van der Waals surface area contributed by atoms with Crippen molar-refractivity contribution in [2.75, 3.05) is 0 Å². The van der Waals surface area contributed by atoms with Crippen LogP contribution in [0.5, 0.6) is 0 Å². The first-order valence-electron chi connectivity index (χ1n) is 7.57. The third-order valence-electron chi connectivity index (χ3n) is 3.46. The third-order valence-corrected chi connectivity index (χ3v) is 4.84. The van der Waals surface area contributed by atoms with Crippen molar-refractivity contribution in [3.8, 4) is 22.8 Å². The van der Waals surface area contributed by atoms with Crippen molar-refractivity contribution < 1.29 is 4.42 Å². The lowest BCUT2D eigenvalue weighted by Gasteiger charge is -1.99. The zero-order valence-corrected chi connectivity index (χ0v) is 15.5. The van der Waals surface area contributed by atoms with Crippen molar-refractivity contribution in [2.24, 2.45) is 0 Å². The summed E-state index contributed by atoms with van der Waals surface area (Å²) in [4.78, 5) is 4.43. The van der Waals surface area contributed by atoms with Crippen LogP contribution >= 0.6 is 35.0 Å².